The molecule has 1 unspecified atom stereocenters. The van der Waals surface area contributed by atoms with Crippen LogP contribution in [0.2, 0.25) is 0 Å². The molecule has 1 aromatic heterocycles. The van der Waals surface area contributed by atoms with Gasteiger partial charge in [-0.05, 0) is 38.5 Å². The number of ether oxygens (including phenoxy) is 1. The van der Waals surface area contributed by atoms with Crippen molar-refractivity contribution in [3.8, 4) is 5.75 Å². The predicted octanol–water partition coefficient (Wildman–Crippen LogP) is 3.22. The smallest absolute Gasteiger partial charge is 0.126 e. The van der Waals surface area contributed by atoms with Crippen LogP contribution in [0.3, 0.4) is 0 Å². The lowest BCUT2D eigenvalue weighted by Crippen LogP contribution is -2.12. The number of hydrogen-bond donors (Lipinski definition) is 1. The van der Waals surface area contributed by atoms with Gasteiger partial charge in [0.05, 0.1) is 18.8 Å². The van der Waals surface area contributed by atoms with Crippen molar-refractivity contribution >= 4 is 5.69 Å². The van der Waals surface area contributed by atoms with E-state index in [0.29, 0.717) is 0 Å². The molecule has 0 aliphatic carbocycles. The molecule has 0 aliphatic rings. The van der Waals surface area contributed by atoms with E-state index in [1.807, 2.05) is 24.0 Å². The molecule has 0 fully saturated rings. The summed E-state index contributed by atoms with van der Waals surface area (Å²) in [5, 5.41) is 7.72. The molecule has 1 atom stereocenters. The molecular weight excluding hydrogens is 238 g/mol. The monoisotopic (exact) mass is 259 g/mol. The zero-order valence-electron chi connectivity index (χ0n) is 12.2. The minimum atomic E-state index is 0.193. The highest BCUT2D eigenvalue weighted by Gasteiger charge is 2.13. The summed E-state index contributed by atoms with van der Waals surface area (Å²) >= 11 is 0. The average Bonchev–Trinajstić information content (AvgIpc) is 2.80. The molecule has 2 rings (SSSR count). The first kappa shape index (κ1) is 13.5. The van der Waals surface area contributed by atoms with Crippen LogP contribution in [0.15, 0.2) is 24.4 Å². The van der Waals surface area contributed by atoms with E-state index in [1.165, 1.54) is 0 Å². The van der Waals surface area contributed by atoms with Crippen LogP contribution in [0.1, 0.15) is 29.8 Å². The van der Waals surface area contributed by atoms with Crippen LogP contribution < -0.4 is 10.1 Å². The van der Waals surface area contributed by atoms with Crippen LogP contribution in [-0.2, 0) is 7.05 Å². The summed E-state index contributed by atoms with van der Waals surface area (Å²) in [6.45, 7) is 6.26. The second kappa shape index (κ2) is 5.34. The van der Waals surface area contributed by atoms with Crippen LogP contribution in [0.5, 0.6) is 5.75 Å². The Labute approximate surface area is 114 Å². The van der Waals surface area contributed by atoms with Gasteiger partial charge in [0.25, 0.3) is 0 Å². The summed E-state index contributed by atoms with van der Waals surface area (Å²) in [6.07, 6.45) is 1.82. The molecule has 4 heteroatoms. The summed E-state index contributed by atoms with van der Waals surface area (Å²) in [4.78, 5) is 0. The molecule has 4 nitrogen and oxygen atoms in total. The first-order valence-corrected chi connectivity index (χ1v) is 6.43. The molecule has 0 aliphatic heterocycles. The number of hydrogen-bond acceptors (Lipinski definition) is 3. The standard InChI is InChI=1S/C15H21N3O/c1-10-6-7-13(11(2)15(10)19-5)17-12(3)14-8-9-16-18(14)4/h6-9,12,17H,1-5H3. The van der Waals surface area contributed by atoms with E-state index < -0.39 is 0 Å². The Morgan fingerprint density at radius 1 is 1.26 bits per heavy atom. The molecule has 0 amide bonds. The van der Waals surface area contributed by atoms with Crippen LogP contribution in [0, 0.1) is 13.8 Å². The summed E-state index contributed by atoms with van der Waals surface area (Å²) in [5.74, 6) is 0.946. The van der Waals surface area contributed by atoms with Crippen LogP contribution in [0.4, 0.5) is 5.69 Å². The van der Waals surface area contributed by atoms with E-state index in [-0.39, 0.29) is 6.04 Å². The number of nitrogens with zero attached hydrogens (tertiary/aromatic N) is 2. The molecule has 2 aromatic rings. The van der Waals surface area contributed by atoms with E-state index in [1.54, 1.807) is 7.11 Å². The topological polar surface area (TPSA) is 39.1 Å². The number of rotatable bonds is 4. The molecular formula is C15H21N3O. The minimum Gasteiger partial charge on any atom is -0.496 e. The van der Waals surface area contributed by atoms with Crippen molar-refractivity contribution in [3.63, 3.8) is 0 Å². The van der Waals surface area contributed by atoms with E-state index >= 15 is 0 Å². The molecule has 0 bridgehead atoms. The lowest BCUT2D eigenvalue weighted by molar-refractivity contribution is 0.409. The van der Waals surface area contributed by atoms with Gasteiger partial charge < -0.3 is 10.1 Å². The Balaban J connectivity index is 2.27. The normalized spacial score (nSPS) is 12.3. The molecule has 1 N–H and O–H groups in total. The Kier molecular flexibility index (Phi) is 3.79. The third kappa shape index (κ3) is 2.57. The highest BCUT2D eigenvalue weighted by atomic mass is 16.5. The van der Waals surface area contributed by atoms with Gasteiger partial charge in [-0.15, -0.1) is 0 Å². The van der Waals surface area contributed by atoms with Crippen molar-refractivity contribution in [1.82, 2.24) is 9.78 Å². The van der Waals surface area contributed by atoms with Crippen molar-refractivity contribution in [1.29, 1.82) is 0 Å². The number of aryl methyl sites for hydroxylation is 2. The Morgan fingerprint density at radius 2 is 2.00 bits per heavy atom. The highest BCUT2D eigenvalue weighted by Crippen LogP contribution is 2.31. The van der Waals surface area contributed by atoms with Gasteiger partial charge in [-0.1, -0.05) is 6.07 Å². The fraction of sp³-hybridized carbons (Fsp3) is 0.400. The van der Waals surface area contributed by atoms with Crippen molar-refractivity contribution in [2.24, 2.45) is 7.05 Å². The van der Waals surface area contributed by atoms with Crippen molar-refractivity contribution < 1.29 is 4.74 Å². The van der Waals surface area contributed by atoms with E-state index in [0.717, 1.165) is 28.3 Å². The van der Waals surface area contributed by atoms with Gasteiger partial charge in [-0.25, -0.2) is 0 Å². The van der Waals surface area contributed by atoms with Gasteiger partial charge in [0.1, 0.15) is 5.75 Å². The van der Waals surface area contributed by atoms with Gasteiger partial charge in [0, 0.05) is 24.5 Å². The quantitative estimate of drug-likeness (QED) is 0.916. The highest BCUT2D eigenvalue weighted by molar-refractivity contribution is 5.60. The second-order valence-electron chi connectivity index (χ2n) is 4.83. The fourth-order valence-electron chi connectivity index (χ4n) is 2.41. The third-order valence-electron chi connectivity index (χ3n) is 3.48. The van der Waals surface area contributed by atoms with Gasteiger partial charge in [0.15, 0.2) is 0 Å². The molecule has 1 heterocycles. The van der Waals surface area contributed by atoms with Crippen LogP contribution >= 0.6 is 0 Å². The van der Waals surface area contributed by atoms with Gasteiger partial charge in [-0.3, -0.25) is 4.68 Å². The third-order valence-corrected chi connectivity index (χ3v) is 3.48. The van der Waals surface area contributed by atoms with Crippen molar-refractivity contribution in [2.45, 2.75) is 26.8 Å². The van der Waals surface area contributed by atoms with Crippen molar-refractivity contribution in [2.75, 3.05) is 12.4 Å². The van der Waals surface area contributed by atoms with E-state index in [4.69, 9.17) is 4.74 Å². The van der Waals surface area contributed by atoms with Gasteiger partial charge in [-0.2, -0.15) is 5.10 Å². The predicted molar refractivity (Wildman–Crippen MR) is 77.7 cm³/mol. The van der Waals surface area contributed by atoms with Gasteiger partial charge in [0.2, 0.25) is 0 Å². The minimum absolute atomic E-state index is 0.193. The summed E-state index contributed by atoms with van der Waals surface area (Å²) in [5.41, 5.74) is 4.53. The molecule has 1 aromatic carbocycles. The first-order valence-electron chi connectivity index (χ1n) is 6.43. The van der Waals surface area contributed by atoms with Gasteiger partial charge >= 0.3 is 0 Å². The van der Waals surface area contributed by atoms with Crippen molar-refractivity contribution in [3.05, 3.63) is 41.2 Å². The second-order valence-corrected chi connectivity index (χ2v) is 4.83. The Bertz CT molecular complexity index is 575. The Morgan fingerprint density at radius 3 is 2.58 bits per heavy atom. The maximum absolute atomic E-state index is 5.45. The number of methoxy groups -OCH3 is 1. The zero-order chi connectivity index (χ0) is 14.0. The molecule has 0 saturated carbocycles. The van der Waals surface area contributed by atoms with Crippen LogP contribution in [0.25, 0.3) is 0 Å². The lowest BCUT2D eigenvalue weighted by Gasteiger charge is -2.19. The summed E-state index contributed by atoms with van der Waals surface area (Å²) in [6, 6.07) is 6.39. The SMILES string of the molecule is COc1c(C)ccc(NC(C)c2ccnn2C)c1C. The maximum Gasteiger partial charge on any atom is 0.126 e. The van der Waals surface area contributed by atoms with E-state index in [9.17, 15) is 0 Å². The summed E-state index contributed by atoms with van der Waals surface area (Å²) in [7, 11) is 3.67. The number of nitrogens with one attached hydrogen (secondary N) is 1. The molecule has 102 valence electrons. The maximum atomic E-state index is 5.45. The molecule has 0 saturated heterocycles. The lowest BCUT2D eigenvalue weighted by atomic mass is 10.1. The zero-order valence-corrected chi connectivity index (χ0v) is 12.2. The largest absolute Gasteiger partial charge is 0.496 e. The number of aromatic nitrogens is 2. The van der Waals surface area contributed by atoms with E-state index in [2.05, 4.69) is 43.3 Å². The summed E-state index contributed by atoms with van der Waals surface area (Å²) < 4.78 is 7.34. The first-order chi connectivity index (χ1) is 9.04. The average molecular weight is 259 g/mol. The molecule has 0 spiro atoms. The fourth-order valence-corrected chi connectivity index (χ4v) is 2.41. The van der Waals surface area contributed by atoms with Crippen LogP contribution in [-0.4, -0.2) is 16.9 Å². The molecule has 19 heavy (non-hydrogen) atoms. The molecule has 0 radical (unpaired) electrons. The number of benzene rings is 1. The number of anilines is 1. The Hall–Kier alpha value is -1.97.